The maximum absolute atomic E-state index is 13.4. The van der Waals surface area contributed by atoms with Gasteiger partial charge >= 0.3 is 18.2 Å². The molecule has 0 saturated heterocycles. The molecule has 0 radical (unpaired) electrons. The molecule has 2 N–H and O–H groups in total. The zero-order chi connectivity index (χ0) is 48.4. The molecule has 0 saturated carbocycles. The lowest BCUT2D eigenvalue weighted by Gasteiger charge is -2.30. The molecule has 0 spiro atoms. The van der Waals surface area contributed by atoms with E-state index in [9.17, 15) is 24.3 Å². The molecule has 3 aromatic carbocycles. The Morgan fingerprint density at radius 2 is 1.57 bits per heavy atom. The number of nitrogens with zero attached hydrogens (tertiary/aromatic N) is 5. The highest BCUT2D eigenvalue weighted by Crippen LogP contribution is 2.40. The van der Waals surface area contributed by atoms with Gasteiger partial charge in [-0.2, -0.15) is 14.8 Å². The number of carbonyl (C=O) groups excluding carboxylic acids is 4. The monoisotopic (exact) mass is 923 g/mol. The summed E-state index contributed by atoms with van der Waals surface area (Å²) in [6.45, 7) is 13.2. The van der Waals surface area contributed by atoms with Crippen molar-refractivity contribution in [3.05, 3.63) is 94.7 Å². The van der Waals surface area contributed by atoms with E-state index in [2.05, 4.69) is 38.4 Å². The number of phenolic OH excluding ortho intramolecular Hbond substituents is 1. The number of aromatic hydroxyl groups is 1. The Hall–Kier alpha value is -6.75. The summed E-state index contributed by atoms with van der Waals surface area (Å²) in [5.41, 5.74) is 6.21. The molecule has 0 bridgehead atoms. The van der Waals surface area contributed by atoms with Crippen LogP contribution in [0.5, 0.6) is 17.2 Å². The number of aromatic nitrogens is 1. The van der Waals surface area contributed by atoms with Crippen LogP contribution >= 0.6 is 0 Å². The van der Waals surface area contributed by atoms with Gasteiger partial charge < -0.3 is 48.6 Å². The number of rotatable bonds is 18. The molecule has 17 heteroatoms. The van der Waals surface area contributed by atoms with Crippen molar-refractivity contribution in [3.8, 4) is 28.5 Å². The molecule has 3 amide bonds. The molecule has 1 aromatic heterocycles. The average molecular weight is 924 g/mol. The fourth-order valence-corrected chi connectivity index (χ4v) is 7.66. The maximum Gasteiger partial charge on any atom is 0.410 e. The van der Waals surface area contributed by atoms with Gasteiger partial charge in [0.05, 0.1) is 28.1 Å². The van der Waals surface area contributed by atoms with E-state index < -0.39 is 29.8 Å². The number of esters is 1. The second-order valence-corrected chi connectivity index (χ2v) is 18.1. The third-order valence-corrected chi connectivity index (χ3v) is 11.4. The molecule has 2 atom stereocenters. The Labute approximate surface area is 392 Å². The number of benzene rings is 3. The highest BCUT2D eigenvalue weighted by molar-refractivity contribution is 5.97. The van der Waals surface area contributed by atoms with Gasteiger partial charge in [-0.15, -0.1) is 0 Å². The molecule has 6 rings (SSSR count). The lowest BCUT2D eigenvalue weighted by atomic mass is 9.91. The van der Waals surface area contributed by atoms with Crippen molar-refractivity contribution in [3.63, 3.8) is 0 Å². The van der Waals surface area contributed by atoms with Gasteiger partial charge in [-0.3, -0.25) is 9.59 Å². The molecule has 4 aromatic rings. The number of ether oxygens (including phenoxy) is 6. The minimum absolute atomic E-state index is 0.0251. The molecule has 2 aliphatic heterocycles. The molecule has 2 aliphatic rings. The van der Waals surface area contributed by atoms with Gasteiger partial charge in [0, 0.05) is 59.7 Å². The van der Waals surface area contributed by atoms with Gasteiger partial charge in [-0.05, 0) is 106 Å². The largest absolute Gasteiger partial charge is 0.507 e. The van der Waals surface area contributed by atoms with Crippen LogP contribution in [0, 0.1) is 12.8 Å². The summed E-state index contributed by atoms with van der Waals surface area (Å²) >= 11 is 0. The number of amides is 3. The van der Waals surface area contributed by atoms with E-state index in [4.69, 9.17) is 28.4 Å². The topological polar surface area (TPSA) is 191 Å². The number of nitrogens with one attached hydrogen (secondary N) is 1. The molecule has 0 aliphatic carbocycles. The minimum Gasteiger partial charge on any atom is -0.507 e. The first-order valence-electron chi connectivity index (χ1n) is 22.5. The van der Waals surface area contributed by atoms with Crippen molar-refractivity contribution >= 4 is 35.4 Å². The van der Waals surface area contributed by atoms with Gasteiger partial charge in [0.1, 0.15) is 24.1 Å². The number of unbranched alkanes of at least 4 members (excludes halogenated alkanes) is 1. The van der Waals surface area contributed by atoms with Crippen LogP contribution in [0.15, 0.2) is 77.1 Å². The fourth-order valence-electron chi connectivity index (χ4n) is 7.66. The molecule has 358 valence electrons. The van der Waals surface area contributed by atoms with E-state index in [1.54, 1.807) is 66.2 Å². The van der Waals surface area contributed by atoms with E-state index in [0.29, 0.717) is 24.2 Å². The highest BCUT2D eigenvalue weighted by atomic mass is 16.7. The second kappa shape index (κ2) is 22.2. The molecule has 3 heterocycles. The SMILES string of the molecule is COC(C(C)C)C(OC(=O)CCCCNC(=O)c1cc(/N=N/c2ccc(COC(=O)N(C)CCN(C)C(=O)OC(C)(C)C)cc2)ccc1O)c1c[n+]2c(cc1C)-c1cc3c(cc1CC2)OCO3. The minimum atomic E-state index is -0.636. The van der Waals surface area contributed by atoms with Crippen molar-refractivity contribution in [1.29, 1.82) is 0 Å². The van der Waals surface area contributed by atoms with E-state index in [1.165, 1.54) is 33.6 Å². The van der Waals surface area contributed by atoms with Crippen LogP contribution in [0.2, 0.25) is 0 Å². The smallest absolute Gasteiger partial charge is 0.410 e. The third-order valence-electron chi connectivity index (χ3n) is 11.4. The Morgan fingerprint density at radius 3 is 2.25 bits per heavy atom. The first-order chi connectivity index (χ1) is 31.9. The zero-order valence-corrected chi connectivity index (χ0v) is 39.9. The van der Waals surface area contributed by atoms with Crippen LogP contribution in [0.1, 0.15) is 92.6 Å². The molecule has 2 unspecified atom stereocenters. The molecular formula is C50H63N6O11+. The summed E-state index contributed by atoms with van der Waals surface area (Å²) in [7, 11) is 4.82. The zero-order valence-electron chi connectivity index (χ0n) is 39.9. The lowest BCUT2D eigenvalue weighted by molar-refractivity contribution is -0.688. The normalized spacial score (nSPS) is 13.6. The number of fused-ring (bicyclic) bond motifs is 4. The second-order valence-electron chi connectivity index (χ2n) is 18.1. The summed E-state index contributed by atoms with van der Waals surface area (Å²) in [5.74, 6) is 0.484. The number of methoxy groups -OCH3 is 1. The van der Waals surface area contributed by atoms with Gasteiger partial charge in [0.25, 0.3) is 5.91 Å². The maximum atomic E-state index is 13.4. The number of hydrogen-bond donors (Lipinski definition) is 2. The summed E-state index contributed by atoms with van der Waals surface area (Å²) in [4.78, 5) is 54.0. The van der Waals surface area contributed by atoms with Gasteiger partial charge in [-0.1, -0.05) is 26.0 Å². The number of azo groups is 1. The fraction of sp³-hybridized carbons (Fsp3) is 0.460. The Bertz CT molecular complexity index is 2450. The van der Waals surface area contributed by atoms with Crippen molar-refractivity contribution in [1.82, 2.24) is 15.1 Å². The number of likely N-dealkylation sites (N-methyl/N-ethyl adjacent to an activating group) is 2. The van der Waals surface area contributed by atoms with Gasteiger partial charge in [0.15, 0.2) is 30.3 Å². The first kappa shape index (κ1) is 49.7. The number of phenols is 1. The van der Waals surface area contributed by atoms with Crippen LogP contribution in [-0.4, -0.2) is 98.3 Å². The highest BCUT2D eigenvalue weighted by Gasteiger charge is 2.35. The summed E-state index contributed by atoms with van der Waals surface area (Å²) in [6.07, 6.45) is 1.96. The number of aryl methyl sites for hydroxylation is 3. The summed E-state index contributed by atoms with van der Waals surface area (Å²) < 4.78 is 36.4. The average Bonchev–Trinajstić information content (AvgIpc) is 3.75. The van der Waals surface area contributed by atoms with E-state index in [1.807, 2.05) is 26.8 Å². The summed E-state index contributed by atoms with van der Waals surface area (Å²) in [6, 6.07) is 17.5. The van der Waals surface area contributed by atoms with E-state index in [-0.39, 0.29) is 68.8 Å². The standard InChI is InChI=1S/C50H62N6O11/c1-31(2)45(62-9)46(39-28-56-21-19-34-25-42-43(65-30-64-42)27-37(34)40(56)24-32(39)3)66-44(58)12-10-11-20-51-47(59)38-26-36(17-18-41(38)57)53-52-35-15-13-33(14-16-35)29-63-48(60)54(7)22-23-55(8)49(61)67-50(4,5)6/h13-18,24-28,31,45-46H,10-12,19-23,29-30H2,1-9H3,(H-,51,52,57,59)/p+1. The Kier molecular flexibility index (Phi) is 16.4. The summed E-state index contributed by atoms with van der Waals surface area (Å²) in [5, 5.41) is 21.8. The predicted molar refractivity (Wildman–Crippen MR) is 248 cm³/mol. The molecular weight excluding hydrogens is 861 g/mol. The molecule has 0 fully saturated rings. The van der Waals surface area contributed by atoms with Gasteiger partial charge in [0.2, 0.25) is 12.5 Å². The predicted octanol–water partition coefficient (Wildman–Crippen LogP) is 8.65. The Balaban J connectivity index is 0.960. The van der Waals surface area contributed by atoms with Crippen molar-refractivity contribution in [2.75, 3.05) is 47.6 Å². The first-order valence-corrected chi connectivity index (χ1v) is 22.5. The number of hydrogen-bond acceptors (Lipinski definition) is 13. The molecule has 67 heavy (non-hydrogen) atoms. The third kappa shape index (κ3) is 13.2. The van der Waals surface area contributed by atoms with Crippen LogP contribution in [0.4, 0.5) is 21.0 Å². The van der Waals surface area contributed by atoms with Crippen molar-refractivity contribution in [2.24, 2.45) is 16.1 Å². The van der Waals surface area contributed by atoms with Crippen LogP contribution < -0.4 is 19.4 Å². The van der Waals surface area contributed by atoms with Crippen LogP contribution in [0.25, 0.3) is 11.3 Å². The van der Waals surface area contributed by atoms with Crippen LogP contribution in [0.3, 0.4) is 0 Å². The van der Waals surface area contributed by atoms with Crippen molar-refractivity contribution in [2.45, 2.75) is 98.2 Å². The van der Waals surface area contributed by atoms with Gasteiger partial charge in [-0.25, -0.2) is 9.59 Å². The van der Waals surface area contributed by atoms with Crippen molar-refractivity contribution < 1.29 is 57.3 Å². The molecule has 17 nitrogen and oxygen atoms in total. The number of pyridine rings is 1. The quantitative estimate of drug-likeness (QED) is 0.0319. The van der Waals surface area contributed by atoms with E-state index in [0.717, 1.165) is 52.4 Å². The number of carbonyl (C=O) groups is 4. The Morgan fingerprint density at radius 1 is 0.896 bits per heavy atom. The lowest BCUT2D eigenvalue weighted by Crippen LogP contribution is -2.42. The van der Waals surface area contributed by atoms with Crippen LogP contribution in [-0.2, 0) is 43.3 Å². The van der Waals surface area contributed by atoms with E-state index >= 15 is 0 Å².